The average molecular weight is 341 g/mol. The molecule has 0 aromatic carbocycles. The van der Waals surface area contributed by atoms with Gasteiger partial charge in [0.2, 0.25) is 0 Å². The van der Waals surface area contributed by atoms with Crippen LogP contribution < -0.4 is 0 Å². The highest BCUT2D eigenvalue weighted by molar-refractivity contribution is 9.11. The Balaban J connectivity index is 1.56. The first-order valence-electron chi connectivity index (χ1n) is 6.53. The lowest BCUT2D eigenvalue weighted by atomic mass is 9.96. The number of likely N-dealkylation sites (tertiary alicyclic amines) is 1. The summed E-state index contributed by atoms with van der Waals surface area (Å²) >= 11 is 5.35. The van der Waals surface area contributed by atoms with Crippen molar-refractivity contribution in [1.82, 2.24) is 19.7 Å². The summed E-state index contributed by atoms with van der Waals surface area (Å²) in [6, 6.07) is 4.34. The molecule has 1 aliphatic rings. The molecule has 0 spiro atoms. The van der Waals surface area contributed by atoms with Crippen molar-refractivity contribution in [2.45, 2.75) is 25.3 Å². The van der Waals surface area contributed by atoms with E-state index >= 15 is 0 Å². The highest BCUT2D eigenvalue weighted by Gasteiger charge is 2.23. The molecule has 3 rings (SSSR count). The van der Waals surface area contributed by atoms with E-state index in [0.29, 0.717) is 5.92 Å². The van der Waals surface area contributed by atoms with Gasteiger partial charge in [0.1, 0.15) is 12.2 Å². The molecule has 1 aliphatic heterocycles. The molecule has 2 aromatic rings. The Morgan fingerprint density at radius 3 is 2.74 bits per heavy atom. The van der Waals surface area contributed by atoms with Crippen LogP contribution >= 0.6 is 27.3 Å². The summed E-state index contributed by atoms with van der Waals surface area (Å²) in [5, 5.41) is 8.22. The summed E-state index contributed by atoms with van der Waals surface area (Å²) in [6.45, 7) is 3.36. The number of hydrogen-bond acceptors (Lipinski definition) is 4. The van der Waals surface area contributed by atoms with E-state index in [1.807, 2.05) is 18.4 Å². The van der Waals surface area contributed by atoms with Crippen molar-refractivity contribution < 1.29 is 0 Å². The zero-order valence-electron chi connectivity index (χ0n) is 10.9. The Morgan fingerprint density at radius 1 is 1.37 bits per heavy atom. The number of aryl methyl sites for hydroxylation is 1. The predicted octanol–water partition coefficient (Wildman–Crippen LogP) is 3.02. The third kappa shape index (κ3) is 3.07. The molecule has 1 saturated heterocycles. The predicted molar refractivity (Wildman–Crippen MR) is 80.3 cm³/mol. The molecule has 0 aliphatic carbocycles. The fourth-order valence-corrected chi connectivity index (χ4v) is 4.19. The fourth-order valence-electron chi connectivity index (χ4n) is 2.67. The maximum absolute atomic E-state index is 4.24. The van der Waals surface area contributed by atoms with Gasteiger partial charge in [-0.1, -0.05) is 0 Å². The first-order valence-corrected chi connectivity index (χ1v) is 8.14. The van der Waals surface area contributed by atoms with Crippen LogP contribution in [0.25, 0.3) is 0 Å². The molecular formula is C13H17BrN4S. The van der Waals surface area contributed by atoms with Crippen LogP contribution in [-0.4, -0.2) is 32.8 Å². The molecule has 6 heteroatoms. The number of piperidine rings is 1. The van der Waals surface area contributed by atoms with Crippen molar-refractivity contribution in [3.63, 3.8) is 0 Å². The first kappa shape index (κ1) is 13.3. The van der Waals surface area contributed by atoms with Crippen LogP contribution in [0.4, 0.5) is 0 Å². The van der Waals surface area contributed by atoms with Crippen LogP contribution in [0, 0.1) is 0 Å². The quantitative estimate of drug-likeness (QED) is 0.861. The minimum absolute atomic E-state index is 0.568. The van der Waals surface area contributed by atoms with Crippen molar-refractivity contribution >= 4 is 27.3 Å². The standard InChI is InChI=1S/C13H17BrN4S/c1-17-9-15-16-13(17)10-4-6-18(7-5-10)8-11-2-3-12(14)19-11/h2-3,9-10H,4-8H2,1H3. The van der Waals surface area contributed by atoms with E-state index in [0.717, 1.165) is 25.5 Å². The van der Waals surface area contributed by atoms with Gasteiger partial charge in [0.15, 0.2) is 0 Å². The number of aromatic nitrogens is 3. The van der Waals surface area contributed by atoms with E-state index < -0.39 is 0 Å². The fraction of sp³-hybridized carbons (Fsp3) is 0.538. The van der Waals surface area contributed by atoms with Crippen molar-refractivity contribution in [3.05, 3.63) is 32.9 Å². The SMILES string of the molecule is Cn1cnnc1C1CCN(Cc2ccc(Br)s2)CC1. The molecule has 0 amide bonds. The second-order valence-electron chi connectivity index (χ2n) is 5.06. The third-order valence-electron chi connectivity index (χ3n) is 3.71. The first-order chi connectivity index (χ1) is 9.22. The van der Waals surface area contributed by atoms with Gasteiger partial charge < -0.3 is 4.57 Å². The number of nitrogens with zero attached hydrogens (tertiary/aromatic N) is 4. The van der Waals surface area contributed by atoms with Crippen LogP contribution in [0.5, 0.6) is 0 Å². The Morgan fingerprint density at radius 2 is 2.16 bits per heavy atom. The number of hydrogen-bond donors (Lipinski definition) is 0. The van der Waals surface area contributed by atoms with Gasteiger partial charge in [-0.15, -0.1) is 21.5 Å². The normalized spacial score (nSPS) is 18.0. The number of rotatable bonds is 3. The van der Waals surface area contributed by atoms with Crippen LogP contribution in [0.1, 0.15) is 29.5 Å². The average Bonchev–Trinajstić information content (AvgIpc) is 3.00. The van der Waals surface area contributed by atoms with E-state index in [1.54, 1.807) is 6.33 Å². The zero-order chi connectivity index (χ0) is 13.2. The number of halogens is 1. The van der Waals surface area contributed by atoms with Gasteiger partial charge in [0.25, 0.3) is 0 Å². The zero-order valence-corrected chi connectivity index (χ0v) is 13.3. The van der Waals surface area contributed by atoms with E-state index in [4.69, 9.17) is 0 Å². The molecule has 0 atom stereocenters. The smallest absolute Gasteiger partial charge is 0.135 e. The molecule has 4 nitrogen and oxygen atoms in total. The maximum Gasteiger partial charge on any atom is 0.135 e. The molecule has 3 heterocycles. The Labute approximate surface area is 125 Å². The maximum atomic E-state index is 4.24. The van der Waals surface area contributed by atoms with Crippen LogP contribution in [0.2, 0.25) is 0 Å². The van der Waals surface area contributed by atoms with Gasteiger partial charge in [-0.3, -0.25) is 4.90 Å². The molecule has 102 valence electrons. The summed E-state index contributed by atoms with van der Waals surface area (Å²) < 4.78 is 3.27. The van der Waals surface area contributed by atoms with Gasteiger partial charge in [-0.2, -0.15) is 0 Å². The van der Waals surface area contributed by atoms with E-state index in [9.17, 15) is 0 Å². The van der Waals surface area contributed by atoms with Crippen molar-refractivity contribution in [1.29, 1.82) is 0 Å². The highest BCUT2D eigenvalue weighted by atomic mass is 79.9. The van der Waals surface area contributed by atoms with Gasteiger partial charge in [-0.25, -0.2) is 0 Å². The van der Waals surface area contributed by atoms with E-state index in [-0.39, 0.29) is 0 Å². The van der Waals surface area contributed by atoms with Crippen molar-refractivity contribution in [3.8, 4) is 0 Å². The van der Waals surface area contributed by atoms with E-state index in [2.05, 4.69) is 47.7 Å². The van der Waals surface area contributed by atoms with Crippen molar-refractivity contribution in [2.24, 2.45) is 7.05 Å². The summed E-state index contributed by atoms with van der Waals surface area (Å²) in [6.07, 6.45) is 4.16. The third-order valence-corrected chi connectivity index (χ3v) is 5.32. The van der Waals surface area contributed by atoms with Gasteiger partial charge in [0, 0.05) is 24.4 Å². The van der Waals surface area contributed by atoms with Crippen LogP contribution in [-0.2, 0) is 13.6 Å². The molecule has 2 aromatic heterocycles. The Hall–Kier alpha value is -0.720. The van der Waals surface area contributed by atoms with Crippen molar-refractivity contribution in [2.75, 3.05) is 13.1 Å². The molecule has 0 saturated carbocycles. The lowest BCUT2D eigenvalue weighted by Gasteiger charge is -2.30. The monoisotopic (exact) mass is 340 g/mol. The largest absolute Gasteiger partial charge is 0.320 e. The molecule has 19 heavy (non-hydrogen) atoms. The molecule has 0 unspecified atom stereocenters. The summed E-state index contributed by atoms with van der Waals surface area (Å²) in [7, 11) is 2.03. The van der Waals surface area contributed by atoms with Gasteiger partial charge in [0.05, 0.1) is 3.79 Å². The lowest BCUT2D eigenvalue weighted by Crippen LogP contribution is -2.32. The lowest BCUT2D eigenvalue weighted by molar-refractivity contribution is 0.202. The highest BCUT2D eigenvalue weighted by Crippen LogP contribution is 2.28. The molecule has 0 bridgehead atoms. The second kappa shape index (κ2) is 5.73. The van der Waals surface area contributed by atoms with Gasteiger partial charge >= 0.3 is 0 Å². The Bertz CT molecular complexity index is 542. The molecule has 0 radical (unpaired) electrons. The van der Waals surface area contributed by atoms with Crippen LogP contribution in [0.3, 0.4) is 0 Å². The molecule has 0 N–H and O–H groups in total. The van der Waals surface area contributed by atoms with Crippen LogP contribution in [0.15, 0.2) is 22.2 Å². The Kier molecular flexibility index (Phi) is 4.00. The summed E-state index contributed by atoms with van der Waals surface area (Å²) in [5.41, 5.74) is 0. The summed E-state index contributed by atoms with van der Waals surface area (Å²) in [5.74, 6) is 1.71. The number of thiophene rings is 1. The van der Waals surface area contributed by atoms with E-state index in [1.165, 1.54) is 21.5 Å². The second-order valence-corrected chi connectivity index (χ2v) is 7.60. The molecular weight excluding hydrogens is 324 g/mol. The minimum atomic E-state index is 0.568. The van der Waals surface area contributed by atoms with Gasteiger partial charge in [-0.05, 0) is 54.0 Å². The topological polar surface area (TPSA) is 34.0 Å². The summed E-state index contributed by atoms with van der Waals surface area (Å²) in [4.78, 5) is 3.97. The molecule has 1 fully saturated rings. The minimum Gasteiger partial charge on any atom is -0.320 e.